The molecule has 1 aliphatic heterocycles. The summed E-state index contributed by atoms with van der Waals surface area (Å²) < 4.78 is 11.2. The largest absolute Gasteiger partial charge is 0.459 e. The quantitative estimate of drug-likeness (QED) is 0.738. The van der Waals surface area contributed by atoms with Crippen LogP contribution in [0.2, 0.25) is 0 Å². The predicted molar refractivity (Wildman–Crippen MR) is 64.5 cm³/mol. The smallest absolute Gasteiger partial charge is 0.303 e. The molecule has 1 saturated heterocycles. The molecule has 0 aliphatic carbocycles. The Morgan fingerprint density at radius 1 is 1.41 bits per heavy atom. The van der Waals surface area contributed by atoms with Crippen LogP contribution in [0.4, 0.5) is 0 Å². The first-order valence-corrected chi connectivity index (χ1v) is 5.95. The van der Waals surface area contributed by atoms with Crippen molar-refractivity contribution in [2.75, 3.05) is 6.61 Å². The van der Waals surface area contributed by atoms with E-state index in [2.05, 4.69) is 0 Å². The van der Waals surface area contributed by atoms with E-state index in [-0.39, 0.29) is 12.1 Å². The van der Waals surface area contributed by atoms with Crippen LogP contribution in [-0.4, -0.2) is 18.2 Å². The molecule has 17 heavy (non-hydrogen) atoms. The molecule has 3 nitrogen and oxygen atoms in total. The maximum Gasteiger partial charge on any atom is 0.303 e. The van der Waals surface area contributed by atoms with Crippen molar-refractivity contribution >= 4 is 5.97 Å². The third-order valence-corrected chi connectivity index (χ3v) is 3.13. The Labute approximate surface area is 102 Å². The average Bonchev–Trinajstić information content (AvgIpc) is 2.28. The van der Waals surface area contributed by atoms with Crippen molar-refractivity contribution in [2.45, 2.75) is 38.4 Å². The molecule has 2 atom stereocenters. The fourth-order valence-electron chi connectivity index (χ4n) is 2.29. The van der Waals surface area contributed by atoms with Crippen LogP contribution in [0.3, 0.4) is 0 Å². The van der Waals surface area contributed by atoms with Crippen molar-refractivity contribution in [2.24, 2.45) is 0 Å². The van der Waals surface area contributed by atoms with Gasteiger partial charge in [-0.2, -0.15) is 0 Å². The molecule has 0 spiro atoms. The number of benzene rings is 1. The molecule has 0 N–H and O–H groups in total. The Hall–Kier alpha value is -1.35. The van der Waals surface area contributed by atoms with Gasteiger partial charge < -0.3 is 9.47 Å². The zero-order valence-electron chi connectivity index (χ0n) is 10.3. The normalized spacial score (nSPS) is 28.7. The SMILES string of the molecule is CC(=O)O[C@]1(C)CCO[C@@H](c2ccccc2)C1. The van der Waals surface area contributed by atoms with Gasteiger partial charge in [-0.05, 0) is 12.5 Å². The van der Waals surface area contributed by atoms with Crippen LogP contribution >= 0.6 is 0 Å². The number of ether oxygens (including phenoxy) is 2. The van der Waals surface area contributed by atoms with Gasteiger partial charge in [-0.25, -0.2) is 0 Å². The monoisotopic (exact) mass is 234 g/mol. The topological polar surface area (TPSA) is 35.5 Å². The Morgan fingerprint density at radius 3 is 2.76 bits per heavy atom. The number of rotatable bonds is 2. The number of esters is 1. The fourth-order valence-corrected chi connectivity index (χ4v) is 2.29. The van der Waals surface area contributed by atoms with Gasteiger partial charge in [0.15, 0.2) is 0 Å². The van der Waals surface area contributed by atoms with Gasteiger partial charge in [0, 0.05) is 19.8 Å². The lowest BCUT2D eigenvalue weighted by atomic mass is 9.89. The lowest BCUT2D eigenvalue weighted by Crippen LogP contribution is -2.38. The van der Waals surface area contributed by atoms with Gasteiger partial charge >= 0.3 is 5.97 Å². The lowest BCUT2D eigenvalue weighted by Gasteiger charge is -2.37. The maximum absolute atomic E-state index is 11.1. The summed E-state index contributed by atoms with van der Waals surface area (Å²) >= 11 is 0. The number of hydrogen-bond donors (Lipinski definition) is 0. The highest BCUT2D eigenvalue weighted by molar-refractivity contribution is 5.66. The highest BCUT2D eigenvalue weighted by atomic mass is 16.6. The molecule has 0 aromatic heterocycles. The summed E-state index contributed by atoms with van der Waals surface area (Å²) in [6.07, 6.45) is 1.50. The van der Waals surface area contributed by atoms with Crippen molar-refractivity contribution in [1.29, 1.82) is 0 Å². The van der Waals surface area contributed by atoms with Gasteiger partial charge in [0.2, 0.25) is 0 Å². The third kappa shape index (κ3) is 3.07. The third-order valence-electron chi connectivity index (χ3n) is 3.13. The van der Waals surface area contributed by atoms with E-state index in [0.29, 0.717) is 6.61 Å². The van der Waals surface area contributed by atoms with Gasteiger partial charge in [-0.3, -0.25) is 4.79 Å². The second-order valence-electron chi connectivity index (χ2n) is 4.77. The molecule has 3 heteroatoms. The molecule has 1 aromatic carbocycles. The highest BCUT2D eigenvalue weighted by Gasteiger charge is 2.36. The average molecular weight is 234 g/mol. The summed E-state index contributed by atoms with van der Waals surface area (Å²) in [6.45, 7) is 4.06. The van der Waals surface area contributed by atoms with E-state index in [9.17, 15) is 4.79 Å². The lowest BCUT2D eigenvalue weighted by molar-refractivity contribution is -0.170. The zero-order chi connectivity index (χ0) is 12.3. The van der Waals surface area contributed by atoms with Gasteiger partial charge in [-0.1, -0.05) is 30.3 Å². The van der Waals surface area contributed by atoms with E-state index >= 15 is 0 Å². The molecule has 1 fully saturated rings. The second kappa shape index (κ2) is 4.88. The van der Waals surface area contributed by atoms with Crippen molar-refractivity contribution in [3.05, 3.63) is 35.9 Å². The molecule has 1 aliphatic rings. The second-order valence-corrected chi connectivity index (χ2v) is 4.77. The van der Waals surface area contributed by atoms with Crippen LogP contribution in [0.15, 0.2) is 30.3 Å². The number of carbonyl (C=O) groups is 1. The summed E-state index contributed by atoms with van der Waals surface area (Å²) in [4.78, 5) is 11.1. The first kappa shape index (κ1) is 12.1. The molecule has 0 unspecified atom stereocenters. The van der Waals surface area contributed by atoms with E-state index < -0.39 is 5.60 Å². The van der Waals surface area contributed by atoms with E-state index in [1.54, 1.807) is 0 Å². The molecule has 1 aromatic rings. The summed E-state index contributed by atoms with van der Waals surface area (Å²) in [5.41, 5.74) is 0.746. The molecule has 0 amide bonds. The van der Waals surface area contributed by atoms with Crippen molar-refractivity contribution in [3.63, 3.8) is 0 Å². The van der Waals surface area contributed by atoms with Gasteiger partial charge in [0.05, 0.1) is 12.7 Å². The molecule has 92 valence electrons. The number of hydrogen-bond acceptors (Lipinski definition) is 3. The van der Waals surface area contributed by atoms with Crippen LogP contribution in [0.25, 0.3) is 0 Å². The maximum atomic E-state index is 11.1. The predicted octanol–water partition coefficient (Wildman–Crippen LogP) is 2.86. The molecule has 0 saturated carbocycles. The Kier molecular flexibility index (Phi) is 3.48. The summed E-state index contributed by atoms with van der Waals surface area (Å²) in [6, 6.07) is 10.1. The molecule has 0 bridgehead atoms. The van der Waals surface area contributed by atoms with E-state index in [0.717, 1.165) is 18.4 Å². The Balaban J connectivity index is 2.09. The number of carbonyl (C=O) groups excluding carboxylic acids is 1. The van der Waals surface area contributed by atoms with Crippen LogP contribution in [0.5, 0.6) is 0 Å². The van der Waals surface area contributed by atoms with E-state index in [1.165, 1.54) is 6.92 Å². The van der Waals surface area contributed by atoms with Gasteiger partial charge in [0.1, 0.15) is 5.60 Å². The summed E-state index contributed by atoms with van der Waals surface area (Å²) in [5.74, 6) is -0.221. The van der Waals surface area contributed by atoms with Crippen LogP contribution in [-0.2, 0) is 14.3 Å². The van der Waals surface area contributed by atoms with Crippen LogP contribution in [0.1, 0.15) is 38.4 Å². The Bertz CT molecular complexity index is 388. The Morgan fingerprint density at radius 2 is 2.12 bits per heavy atom. The minimum atomic E-state index is -0.398. The molecule has 0 radical (unpaired) electrons. The standard InChI is InChI=1S/C14H18O3/c1-11(15)17-14(2)8-9-16-13(10-14)12-6-4-3-5-7-12/h3-7,13H,8-10H2,1-2H3/t13-,14-/m1/s1. The molecular formula is C14H18O3. The fraction of sp³-hybridized carbons (Fsp3) is 0.500. The van der Waals surface area contributed by atoms with Crippen molar-refractivity contribution in [3.8, 4) is 0 Å². The van der Waals surface area contributed by atoms with E-state index in [1.807, 2.05) is 37.3 Å². The molecule has 2 rings (SSSR count). The van der Waals surface area contributed by atoms with Crippen molar-refractivity contribution < 1.29 is 14.3 Å². The van der Waals surface area contributed by atoms with Crippen LogP contribution < -0.4 is 0 Å². The zero-order valence-corrected chi connectivity index (χ0v) is 10.3. The molecule has 1 heterocycles. The van der Waals surface area contributed by atoms with Crippen LogP contribution in [0, 0.1) is 0 Å². The first-order chi connectivity index (χ1) is 8.09. The first-order valence-electron chi connectivity index (χ1n) is 5.95. The minimum absolute atomic E-state index is 0.0225. The highest BCUT2D eigenvalue weighted by Crippen LogP contribution is 2.36. The summed E-state index contributed by atoms with van der Waals surface area (Å²) in [5, 5.41) is 0. The van der Waals surface area contributed by atoms with Gasteiger partial charge in [-0.15, -0.1) is 0 Å². The molecular weight excluding hydrogens is 216 g/mol. The van der Waals surface area contributed by atoms with E-state index in [4.69, 9.17) is 9.47 Å². The summed E-state index contributed by atoms with van der Waals surface area (Å²) in [7, 11) is 0. The van der Waals surface area contributed by atoms with Crippen molar-refractivity contribution in [1.82, 2.24) is 0 Å². The minimum Gasteiger partial charge on any atom is -0.459 e. The van der Waals surface area contributed by atoms with Gasteiger partial charge in [0.25, 0.3) is 0 Å².